The van der Waals surface area contributed by atoms with Crippen LogP contribution in [0.15, 0.2) is 35.5 Å². The maximum Gasteiger partial charge on any atom is 0.248 e. The highest BCUT2D eigenvalue weighted by Crippen LogP contribution is 2.27. The fourth-order valence-corrected chi connectivity index (χ4v) is 3.79. The summed E-state index contributed by atoms with van der Waals surface area (Å²) in [5, 5.41) is 7.89. The standard InChI is InChI=1S/C22H32N6O/c1-6-23-22(26(4)14-18-15-27(5)25-21(18)16(2)3)24-13-20(29)28-12-11-17-9-7-8-10-19(17)28/h7-10,15-16H,6,11-14H2,1-5H3,(H,23,24). The maximum atomic E-state index is 12.8. The van der Waals surface area contributed by atoms with E-state index in [-0.39, 0.29) is 12.5 Å². The molecule has 3 rings (SSSR count). The molecular weight excluding hydrogens is 364 g/mol. The highest BCUT2D eigenvalue weighted by atomic mass is 16.2. The molecule has 0 saturated carbocycles. The Hall–Kier alpha value is -2.83. The average molecular weight is 397 g/mol. The molecule has 29 heavy (non-hydrogen) atoms. The minimum Gasteiger partial charge on any atom is -0.357 e. The molecule has 0 radical (unpaired) electrons. The zero-order chi connectivity index (χ0) is 21.0. The molecular formula is C22H32N6O. The van der Waals surface area contributed by atoms with E-state index in [2.05, 4.69) is 46.4 Å². The van der Waals surface area contributed by atoms with E-state index in [0.29, 0.717) is 12.5 Å². The first kappa shape index (κ1) is 20.9. The molecule has 1 aromatic heterocycles. The van der Waals surface area contributed by atoms with Gasteiger partial charge in [0.1, 0.15) is 6.54 Å². The monoisotopic (exact) mass is 396 g/mol. The lowest BCUT2D eigenvalue weighted by atomic mass is 10.1. The SMILES string of the molecule is CCNC(=NCC(=O)N1CCc2ccccc21)N(C)Cc1cn(C)nc1C(C)C. The fourth-order valence-electron chi connectivity index (χ4n) is 3.79. The van der Waals surface area contributed by atoms with Gasteiger partial charge in [-0.2, -0.15) is 5.10 Å². The molecule has 0 fully saturated rings. The number of guanidine groups is 1. The first-order valence-corrected chi connectivity index (χ1v) is 10.3. The summed E-state index contributed by atoms with van der Waals surface area (Å²) in [6, 6.07) is 8.10. The van der Waals surface area contributed by atoms with Gasteiger partial charge in [0.25, 0.3) is 0 Å². The van der Waals surface area contributed by atoms with Crippen molar-refractivity contribution in [3.05, 3.63) is 47.3 Å². The molecule has 1 N–H and O–H groups in total. The van der Waals surface area contributed by atoms with Crippen LogP contribution in [0.3, 0.4) is 0 Å². The number of aromatic nitrogens is 2. The summed E-state index contributed by atoms with van der Waals surface area (Å²) in [6.07, 6.45) is 2.96. The summed E-state index contributed by atoms with van der Waals surface area (Å²) in [5.74, 6) is 1.12. The second-order valence-corrected chi connectivity index (χ2v) is 7.82. The Bertz CT molecular complexity index is 885. The number of anilines is 1. The van der Waals surface area contributed by atoms with Gasteiger partial charge in [0, 0.05) is 51.2 Å². The normalized spacial score (nSPS) is 13.7. The lowest BCUT2D eigenvalue weighted by Crippen LogP contribution is -2.40. The van der Waals surface area contributed by atoms with Crippen LogP contribution in [-0.2, 0) is 24.8 Å². The van der Waals surface area contributed by atoms with Gasteiger partial charge in [0.05, 0.1) is 5.69 Å². The van der Waals surface area contributed by atoms with Gasteiger partial charge in [-0.05, 0) is 30.9 Å². The molecule has 2 heterocycles. The van der Waals surface area contributed by atoms with Crippen LogP contribution in [0.1, 0.15) is 43.5 Å². The van der Waals surface area contributed by atoms with Gasteiger partial charge < -0.3 is 15.1 Å². The maximum absolute atomic E-state index is 12.8. The third kappa shape index (κ3) is 4.78. The number of rotatable bonds is 6. The second kappa shape index (κ2) is 9.11. The minimum atomic E-state index is 0.0306. The number of nitrogens with one attached hydrogen (secondary N) is 1. The van der Waals surface area contributed by atoms with Crippen LogP contribution in [0, 0.1) is 0 Å². The summed E-state index contributed by atoms with van der Waals surface area (Å²) in [4.78, 5) is 21.3. The predicted molar refractivity (Wildman–Crippen MR) is 117 cm³/mol. The molecule has 1 aliphatic heterocycles. The number of fused-ring (bicyclic) bond motifs is 1. The quantitative estimate of drug-likeness (QED) is 0.602. The Balaban J connectivity index is 1.70. The van der Waals surface area contributed by atoms with Crippen molar-refractivity contribution >= 4 is 17.6 Å². The van der Waals surface area contributed by atoms with E-state index < -0.39 is 0 Å². The van der Waals surface area contributed by atoms with Gasteiger partial charge in [-0.1, -0.05) is 32.0 Å². The van der Waals surface area contributed by atoms with Gasteiger partial charge in [-0.15, -0.1) is 0 Å². The van der Waals surface area contributed by atoms with Crippen molar-refractivity contribution in [1.82, 2.24) is 20.0 Å². The zero-order valence-corrected chi connectivity index (χ0v) is 18.1. The van der Waals surface area contributed by atoms with Crippen LogP contribution in [0.4, 0.5) is 5.69 Å². The first-order valence-electron chi connectivity index (χ1n) is 10.3. The van der Waals surface area contributed by atoms with Gasteiger partial charge >= 0.3 is 0 Å². The van der Waals surface area contributed by atoms with Crippen molar-refractivity contribution in [3.8, 4) is 0 Å². The zero-order valence-electron chi connectivity index (χ0n) is 18.1. The third-order valence-corrected chi connectivity index (χ3v) is 5.14. The number of carbonyl (C=O) groups excluding carboxylic acids is 1. The fraction of sp³-hybridized carbons (Fsp3) is 0.500. The van der Waals surface area contributed by atoms with Gasteiger partial charge in [0.2, 0.25) is 5.91 Å². The molecule has 156 valence electrons. The number of carbonyl (C=O) groups is 1. The molecule has 2 aromatic rings. The Kier molecular flexibility index (Phi) is 6.56. The van der Waals surface area contributed by atoms with E-state index in [4.69, 9.17) is 0 Å². The molecule has 0 atom stereocenters. The van der Waals surface area contributed by atoms with Crippen LogP contribution < -0.4 is 10.2 Å². The number of nitrogens with zero attached hydrogens (tertiary/aromatic N) is 5. The number of aliphatic imine (C=N–C) groups is 1. The lowest BCUT2D eigenvalue weighted by molar-refractivity contribution is -0.117. The van der Waals surface area contributed by atoms with Gasteiger partial charge in [0.15, 0.2) is 5.96 Å². The van der Waals surface area contributed by atoms with Crippen molar-refractivity contribution in [1.29, 1.82) is 0 Å². The number of hydrogen-bond acceptors (Lipinski definition) is 3. The summed E-state index contributed by atoms with van der Waals surface area (Å²) in [6.45, 7) is 8.63. The number of benzene rings is 1. The number of para-hydroxylation sites is 1. The van der Waals surface area contributed by atoms with E-state index in [1.54, 1.807) is 0 Å². The summed E-state index contributed by atoms with van der Waals surface area (Å²) in [5.41, 5.74) is 4.52. The van der Waals surface area contributed by atoms with Gasteiger partial charge in [-0.25, -0.2) is 4.99 Å². The van der Waals surface area contributed by atoms with E-state index in [1.807, 2.05) is 48.8 Å². The predicted octanol–water partition coefficient (Wildman–Crippen LogP) is 2.53. The van der Waals surface area contributed by atoms with Crippen LogP contribution in [0.5, 0.6) is 0 Å². The number of aryl methyl sites for hydroxylation is 1. The van der Waals surface area contributed by atoms with Crippen molar-refractivity contribution in [2.24, 2.45) is 12.0 Å². The topological polar surface area (TPSA) is 65.8 Å². The molecule has 1 amide bonds. The third-order valence-electron chi connectivity index (χ3n) is 5.14. The molecule has 0 saturated heterocycles. The van der Waals surface area contributed by atoms with Crippen LogP contribution in [0.2, 0.25) is 0 Å². The molecule has 1 aromatic carbocycles. The smallest absolute Gasteiger partial charge is 0.248 e. The Morgan fingerprint density at radius 3 is 2.83 bits per heavy atom. The van der Waals surface area contributed by atoms with Crippen LogP contribution in [-0.4, -0.2) is 53.2 Å². The Morgan fingerprint density at radius 1 is 1.34 bits per heavy atom. The van der Waals surface area contributed by atoms with Crippen molar-refractivity contribution in [3.63, 3.8) is 0 Å². The minimum absolute atomic E-state index is 0.0306. The molecule has 0 aliphatic carbocycles. The Morgan fingerprint density at radius 2 is 2.10 bits per heavy atom. The molecule has 7 nitrogen and oxygen atoms in total. The lowest BCUT2D eigenvalue weighted by Gasteiger charge is -2.23. The number of amides is 1. The van der Waals surface area contributed by atoms with E-state index in [9.17, 15) is 4.79 Å². The highest BCUT2D eigenvalue weighted by molar-refractivity contribution is 5.98. The molecule has 1 aliphatic rings. The van der Waals surface area contributed by atoms with E-state index >= 15 is 0 Å². The molecule has 0 spiro atoms. The number of hydrogen-bond donors (Lipinski definition) is 1. The Labute approximate surface area is 173 Å². The van der Waals surface area contributed by atoms with Crippen molar-refractivity contribution in [2.75, 3.05) is 31.6 Å². The second-order valence-electron chi connectivity index (χ2n) is 7.82. The van der Waals surface area contributed by atoms with E-state index in [1.165, 1.54) is 11.1 Å². The van der Waals surface area contributed by atoms with Crippen LogP contribution >= 0.6 is 0 Å². The van der Waals surface area contributed by atoms with Crippen molar-refractivity contribution in [2.45, 2.75) is 39.7 Å². The van der Waals surface area contributed by atoms with Crippen LogP contribution in [0.25, 0.3) is 0 Å². The first-order chi connectivity index (χ1) is 13.9. The summed E-state index contributed by atoms with van der Waals surface area (Å²) < 4.78 is 1.86. The summed E-state index contributed by atoms with van der Waals surface area (Å²) >= 11 is 0. The van der Waals surface area contributed by atoms with E-state index in [0.717, 1.165) is 36.9 Å². The largest absolute Gasteiger partial charge is 0.357 e. The molecule has 7 heteroatoms. The average Bonchev–Trinajstić information content (AvgIpc) is 3.28. The molecule has 0 unspecified atom stereocenters. The van der Waals surface area contributed by atoms with Gasteiger partial charge in [-0.3, -0.25) is 9.48 Å². The summed E-state index contributed by atoms with van der Waals surface area (Å²) in [7, 11) is 3.94. The molecule has 0 bridgehead atoms. The highest BCUT2D eigenvalue weighted by Gasteiger charge is 2.24. The van der Waals surface area contributed by atoms with Crippen molar-refractivity contribution < 1.29 is 4.79 Å².